The molecule has 0 atom stereocenters. The summed E-state index contributed by atoms with van der Waals surface area (Å²) in [7, 11) is -3.70. The average molecular weight is 387 g/mol. The first kappa shape index (κ1) is 19.4. The molecule has 3 rings (SSSR count). The van der Waals surface area contributed by atoms with Crippen LogP contribution in [-0.4, -0.2) is 25.8 Å². The number of benzene rings is 2. The molecule has 0 aromatic heterocycles. The van der Waals surface area contributed by atoms with Crippen molar-refractivity contribution in [2.24, 2.45) is 0 Å². The SMILES string of the molecule is CCc1cccc(CC)c1NS(=O)(=O)c1ccc2c(c1)CN(C(C)=O)CC2. The summed E-state index contributed by atoms with van der Waals surface area (Å²) in [6.45, 7) is 6.71. The van der Waals surface area contributed by atoms with Crippen LogP contribution in [0.2, 0.25) is 0 Å². The number of nitrogens with zero attached hydrogens (tertiary/aromatic N) is 1. The highest BCUT2D eigenvalue weighted by atomic mass is 32.2. The first-order chi connectivity index (χ1) is 12.9. The van der Waals surface area contributed by atoms with Gasteiger partial charge in [0.1, 0.15) is 0 Å². The van der Waals surface area contributed by atoms with Crippen molar-refractivity contribution in [1.29, 1.82) is 0 Å². The third-order valence-electron chi connectivity index (χ3n) is 5.18. The Morgan fingerprint density at radius 3 is 2.33 bits per heavy atom. The van der Waals surface area contributed by atoms with E-state index in [-0.39, 0.29) is 10.8 Å². The number of sulfonamides is 1. The number of hydrogen-bond acceptors (Lipinski definition) is 3. The Balaban J connectivity index is 1.95. The monoisotopic (exact) mass is 386 g/mol. The van der Waals surface area contributed by atoms with E-state index in [9.17, 15) is 13.2 Å². The van der Waals surface area contributed by atoms with Gasteiger partial charge in [0.05, 0.1) is 10.6 Å². The Morgan fingerprint density at radius 1 is 1.07 bits per heavy atom. The molecule has 2 aromatic carbocycles. The maximum absolute atomic E-state index is 13.0. The van der Waals surface area contributed by atoms with E-state index >= 15 is 0 Å². The number of nitrogens with one attached hydrogen (secondary N) is 1. The number of carbonyl (C=O) groups is 1. The van der Waals surface area contributed by atoms with Crippen molar-refractivity contribution in [2.45, 2.75) is 51.5 Å². The van der Waals surface area contributed by atoms with E-state index < -0.39 is 10.0 Å². The number of aryl methyl sites for hydroxylation is 2. The zero-order chi connectivity index (χ0) is 19.6. The smallest absolute Gasteiger partial charge is 0.261 e. The zero-order valence-electron chi connectivity index (χ0n) is 16.1. The van der Waals surface area contributed by atoms with Crippen molar-refractivity contribution in [1.82, 2.24) is 4.90 Å². The molecule has 0 aliphatic carbocycles. The van der Waals surface area contributed by atoms with Crippen LogP contribution in [0, 0.1) is 0 Å². The van der Waals surface area contributed by atoms with Gasteiger partial charge in [-0.25, -0.2) is 8.42 Å². The van der Waals surface area contributed by atoms with Gasteiger partial charge in [-0.1, -0.05) is 38.1 Å². The fourth-order valence-corrected chi connectivity index (χ4v) is 4.73. The minimum Gasteiger partial charge on any atom is -0.338 e. The van der Waals surface area contributed by atoms with Crippen LogP contribution >= 0.6 is 0 Å². The minimum atomic E-state index is -3.70. The van der Waals surface area contributed by atoms with Crippen molar-refractivity contribution in [3.63, 3.8) is 0 Å². The molecule has 1 amide bonds. The molecular formula is C21H26N2O3S. The van der Waals surface area contributed by atoms with Gasteiger partial charge in [0.2, 0.25) is 5.91 Å². The Labute approximate surface area is 161 Å². The summed E-state index contributed by atoms with van der Waals surface area (Å²) in [6.07, 6.45) is 2.26. The van der Waals surface area contributed by atoms with E-state index in [4.69, 9.17) is 0 Å². The molecule has 0 bridgehead atoms. The normalized spacial score (nSPS) is 14.0. The van der Waals surface area contributed by atoms with Gasteiger partial charge in [-0.15, -0.1) is 0 Å². The Morgan fingerprint density at radius 2 is 1.74 bits per heavy atom. The van der Waals surface area contributed by atoms with Gasteiger partial charge < -0.3 is 4.90 Å². The first-order valence-corrected chi connectivity index (χ1v) is 10.8. The highest BCUT2D eigenvalue weighted by Crippen LogP contribution is 2.28. The lowest BCUT2D eigenvalue weighted by atomic mass is 10.00. The molecule has 2 aromatic rings. The van der Waals surface area contributed by atoms with Gasteiger partial charge in [-0.2, -0.15) is 0 Å². The van der Waals surface area contributed by atoms with Gasteiger partial charge in [-0.05, 0) is 53.6 Å². The second kappa shape index (κ2) is 7.72. The lowest BCUT2D eigenvalue weighted by Gasteiger charge is -2.28. The first-order valence-electron chi connectivity index (χ1n) is 9.36. The van der Waals surface area contributed by atoms with E-state index in [0.29, 0.717) is 18.8 Å². The molecule has 0 saturated heterocycles. The van der Waals surface area contributed by atoms with Crippen LogP contribution in [-0.2, 0) is 40.6 Å². The van der Waals surface area contributed by atoms with Crippen LogP contribution in [0.1, 0.15) is 43.0 Å². The number of rotatable bonds is 5. The number of para-hydroxylation sites is 1. The predicted molar refractivity (Wildman–Crippen MR) is 107 cm³/mol. The summed E-state index contributed by atoms with van der Waals surface area (Å²) >= 11 is 0. The Hall–Kier alpha value is -2.34. The van der Waals surface area contributed by atoms with E-state index in [0.717, 1.165) is 41.5 Å². The molecule has 1 N–H and O–H groups in total. The molecule has 1 heterocycles. The maximum Gasteiger partial charge on any atom is 0.261 e. The summed E-state index contributed by atoms with van der Waals surface area (Å²) < 4.78 is 28.9. The highest BCUT2D eigenvalue weighted by Gasteiger charge is 2.23. The van der Waals surface area contributed by atoms with Crippen LogP contribution < -0.4 is 4.72 Å². The van der Waals surface area contributed by atoms with Crippen LogP contribution in [0.5, 0.6) is 0 Å². The Kier molecular flexibility index (Phi) is 5.56. The second-order valence-electron chi connectivity index (χ2n) is 6.88. The summed E-state index contributed by atoms with van der Waals surface area (Å²) in [5.41, 5.74) is 4.66. The van der Waals surface area contributed by atoms with Gasteiger partial charge in [-0.3, -0.25) is 9.52 Å². The number of carbonyl (C=O) groups excluding carboxylic acids is 1. The largest absolute Gasteiger partial charge is 0.338 e. The molecule has 1 aliphatic rings. The fourth-order valence-electron chi connectivity index (χ4n) is 3.54. The molecule has 6 heteroatoms. The molecule has 1 aliphatic heterocycles. The van der Waals surface area contributed by atoms with Crippen LogP contribution in [0.15, 0.2) is 41.3 Å². The van der Waals surface area contributed by atoms with E-state index in [2.05, 4.69) is 4.72 Å². The molecule has 0 radical (unpaired) electrons. The molecule has 0 fully saturated rings. The lowest BCUT2D eigenvalue weighted by Crippen LogP contribution is -2.34. The second-order valence-corrected chi connectivity index (χ2v) is 8.57. The van der Waals surface area contributed by atoms with E-state index in [1.54, 1.807) is 24.0 Å². The summed E-state index contributed by atoms with van der Waals surface area (Å²) in [4.78, 5) is 13.6. The standard InChI is InChI=1S/C21H26N2O3S/c1-4-16-7-6-8-17(5-2)21(16)22-27(25,26)20-10-9-18-11-12-23(15(3)24)14-19(18)13-20/h6-10,13,22H,4-5,11-12,14H2,1-3H3. The van der Waals surface area contributed by atoms with Gasteiger partial charge >= 0.3 is 0 Å². The third kappa shape index (κ3) is 4.00. The number of fused-ring (bicyclic) bond motifs is 1. The molecule has 144 valence electrons. The molecule has 0 spiro atoms. The molecule has 0 saturated carbocycles. The zero-order valence-corrected chi connectivity index (χ0v) is 16.9. The maximum atomic E-state index is 13.0. The lowest BCUT2D eigenvalue weighted by molar-refractivity contribution is -0.129. The quantitative estimate of drug-likeness (QED) is 0.855. The molecule has 27 heavy (non-hydrogen) atoms. The van der Waals surface area contributed by atoms with Crippen LogP contribution in [0.25, 0.3) is 0 Å². The van der Waals surface area contributed by atoms with Crippen molar-refractivity contribution >= 4 is 21.6 Å². The van der Waals surface area contributed by atoms with Crippen molar-refractivity contribution in [3.05, 3.63) is 58.7 Å². The Bertz CT molecular complexity index is 945. The summed E-state index contributed by atoms with van der Waals surface area (Å²) in [5.74, 6) is 0.0106. The van der Waals surface area contributed by atoms with Crippen LogP contribution in [0.4, 0.5) is 5.69 Å². The van der Waals surface area contributed by atoms with Crippen molar-refractivity contribution in [2.75, 3.05) is 11.3 Å². The van der Waals surface area contributed by atoms with Gasteiger partial charge in [0, 0.05) is 20.0 Å². The minimum absolute atomic E-state index is 0.0106. The third-order valence-corrected chi connectivity index (χ3v) is 6.53. The van der Waals surface area contributed by atoms with E-state index in [1.807, 2.05) is 38.1 Å². The highest BCUT2D eigenvalue weighted by molar-refractivity contribution is 7.92. The number of hydrogen-bond donors (Lipinski definition) is 1. The van der Waals surface area contributed by atoms with Crippen molar-refractivity contribution < 1.29 is 13.2 Å². The van der Waals surface area contributed by atoms with E-state index in [1.165, 1.54) is 0 Å². The molecular weight excluding hydrogens is 360 g/mol. The van der Waals surface area contributed by atoms with Crippen LogP contribution in [0.3, 0.4) is 0 Å². The number of amides is 1. The molecule has 5 nitrogen and oxygen atoms in total. The average Bonchev–Trinajstić information content (AvgIpc) is 2.66. The van der Waals surface area contributed by atoms with Crippen molar-refractivity contribution in [3.8, 4) is 0 Å². The van der Waals surface area contributed by atoms with Gasteiger partial charge in [0.15, 0.2) is 0 Å². The summed E-state index contributed by atoms with van der Waals surface area (Å²) in [5, 5.41) is 0. The van der Waals surface area contributed by atoms with Gasteiger partial charge in [0.25, 0.3) is 10.0 Å². The predicted octanol–water partition coefficient (Wildman–Crippen LogP) is 3.52. The molecule has 0 unspecified atom stereocenters. The topological polar surface area (TPSA) is 66.5 Å². The summed E-state index contributed by atoms with van der Waals surface area (Å²) in [6, 6.07) is 11.1. The fraction of sp³-hybridized carbons (Fsp3) is 0.381. The number of anilines is 1.